The van der Waals surface area contributed by atoms with Gasteiger partial charge in [-0.15, -0.1) is 0 Å². The third-order valence-electron chi connectivity index (χ3n) is 6.64. The van der Waals surface area contributed by atoms with Crippen LogP contribution in [0.25, 0.3) is 22.3 Å². The van der Waals surface area contributed by atoms with Gasteiger partial charge in [-0.25, -0.2) is 0 Å². The SMILES string of the molecule is O=C1C(c2ccccc2)=C(c2ccccc2)C12C(=O)C(c1ccccc1)=C2c1ccccc1. The van der Waals surface area contributed by atoms with Crippen molar-refractivity contribution >= 4 is 33.9 Å². The maximum atomic E-state index is 14.0. The van der Waals surface area contributed by atoms with Crippen LogP contribution in [-0.4, -0.2) is 11.6 Å². The molecule has 0 atom stereocenters. The molecular formula is C31H20O2. The van der Waals surface area contributed by atoms with Gasteiger partial charge in [-0.05, 0) is 33.4 Å². The Balaban J connectivity index is 1.68. The van der Waals surface area contributed by atoms with Crippen molar-refractivity contribution in [1.29, 1.82) is 0 Å². The number of benzene rings is 4. The Kier molecular flexibility index (Phi) is 4.34. The molecule has 2 nitrogen and oxygen atoms in total. The smallest absolute Gasteiger partial charge is 0.186 e. The van der Waals surface area contributed by atoms with Crippen LogP contribution in [0.15, 0.2) is 121 Å². The van der Waals surface area contributed by atoms with E-state index in [1.54, 1.807) is 0 Å². The van der Waals surface area contributed by atoms with Gasteiger partial charge in [-0.3, -0.25) is 9.59 Å². The molecule has 0 unspecified atom stereocenters. The lowest BCUT2D eigenvalue weighted by atomic mass is 9.45. The van der Waals surface area contributed by atoms with Crippen LogP contribution in [0.1, 0.15) is 22.3 Å². The topological polar surface area (TPSA) is 34.1 Å². The first-order valence-corrected chi connectivity index (χ1v) is 11.1. The van der Waals surface area contributed by atoms with E-state index in [1.165, 1.54) is 0 Å². The first-order chi connectivity index (χ1) is 16.2. The van der Waals surface area contributed by atoms with E-state index in [-0.39, 0.29) is 11.6 Å². The van der Waals surface area contributed by atoms with Gasteiger partial charge in [0.2, 0.25) is 0 Å². The van der Waals surface area contributed by atoms with Crippen molar-refractivity contribution < 1.29 is 9.59 Å². The molecule has 33 heavy (non-hydrogen) atoms. The largest absolute Gasteiger partial charge is 0.292 e. The second-order valence-corrected chi connectivity index (χ2v) is 8.37. The molecule has 0 heterocycles. The lowest BCUT2D eigenvalue weighted by Gasteiger charge is -2.52. The molecule has 0 aromatic heterocycles. The minimum Gasteiger partial charge on any atom is -0.292 e. The Morgan fingerprint density at radius 2 is 0.636 bits per heavy atom. The molecule has 0 fully saturated rings. The van der Waals surface area contributed by atoms with Crippen molar-refractivity contribution in [2.24, 2.45) is 5.41 Å². The predicted octanol–water partition coefficient (Wildman–Crippen LogP) is 6.36. The van der Waals surface area contributed by atoms with Crippen molar-refractivity contribution in [1.82, 2.24) is 0 Å². The molecule has 0 aliphatic heterocycles. The Labute approximate surface area is 192 Å². The van der Waals surface area contributed by atoms with E-state index in [0.29, 0.717) is 11.1 Å². The van der Waals surface area contributed by atoms with Crippen LogP contribution in [0.3, 0.4) is 0 Å². The van der Waals surface area contributed by atoms with Gasteiger partial charge in [-0.2, -0.15) is 0 Å². The van der Waals surface area contributed by atoms with Crippen LogP contribution < -0.4 is 0 Å². The van der Waals surface area contributed by atoms with E-state index in [2.05, 4.69) is 0 Å². The number of allylic oxidation sites excluding steroid dienone is 4. The molecular weight excluding hydrogens is 404 g/mol. The normalized spacial score (nSPS) is 16.6. The summed E-state index contributed by atoms with van der Waals surface area (Å²) in [4.78, 5) is 28.0. The number of ketones is 2. The predicted molar refractivity (Wildman–Crippen MR) is 132 cm³/mol. The molecule has 0 radical (unpaired) electrons. The summed E-state index contributed by atoms with van der Waals surface area (Å²) in [6, 6.07) is 39.0. The summed E-state index contributed by atoms with van der Waals surface area (Å²) in [5, 5.41) is 0. The fraction of sp³-hybridized carbons (Fsp3) is 0.0323. The first kappa shape index (κ1) is 19.4. The third kappa shape index (κ3) is 2.61. The van der Waals surface area contributed by atoms with Crippen LogP contribution >= 0.6 is 0 Å². The third-order valence-corrected chi connectivity index (χ3v) is 6.64. The van der Waals surface area contributed by atoms with Gasteiger partial charge in [0.05, 0.1) is 0 Å². The highest BCUT2D eigenvalue weighted by atomic mass is 16.2. The molecule has 0 bridgehead atoms. The van der Waals surface area contributed by atoms with Gasteiger partial charge in [0, 0.05) is 11.1 Å². The second kappa shape index (κ2) is 7.39. The quantitative estimate of drug-likeness (QED) is 0.357. The Hall–Kier alpha value is -4.30. The lowest BCUT2D eigenvalue weighted by Crippen LogP contribution is -2.55. The standard InChI is InChI=1S/C31H20O2/c32-29-25(21-13-5-1-6-14-21)27(23-17-9-3-10-18-23)31(29)28(24-19-11-4-12-20-24)26(30(31)33)22-15-7-2-8-16-22/h1-20H. The van der Waals surface area contributed by atoms with E-state index in [1.807, 2.05) is 121 Å². The summed E-state index contributed by atoms with van der Waals surface area (Å²) >= 11 is 0. The van der Waals surface area contributed by atoms with Crippen LogP contribution in [0, 0.1) is 5.41 Å². The van der Waals surface area contributed by atoms with Crippen LogP contribution in [0.4, 0.5) is 0 Å². The van der Waals surface area contributed by atoms with Crippen molar-refractivity contribution in [3.63, 3.8) is 0 Å². The van der Waals surface area contributed by atoms with E-state index in [4.69, 9.17) is 0 Å². The van der Waals surface area contributed by atoms with Gasteiger partial charge in [0.1, 0.15) is 5.41 Å². The monoisotopic (exact) mass is 424 g/mol. The maximum Gasteiger partial charge on any atom is 0.186 e. The van der Waals surface area contributed by atoms with Gasteiger partial charge >= 0.3 is 0 Å². The molecule has 0 saturated carbocycles. The highest BCUT2D eigenvalue weighted by Gasteiger charge is 2.68. The average Bonchev–Trinajstić information content (AvgIpc) is 2.88. The highest BCUT2D eigenvalue weighted by Crippen LogP contribution is 2.68. The molecule has 1 spiro atoms. The fourth-order valence-electron chi connectivity index (χ4n) is 5.23. The van der Waals surface area contributed by atoms with Crippen LogP contribution in [0.5, 0.6) is 0 Å². The van der Waals surface area contributed by atoms with E-state index < -0.39 is 5.41 Å². The van der Waals surface area contributed by atoms with Gasteiger partial charge < -0.3 is 0 Å². The van der Waals surface area contributed by atoms with Gasteiger partial charge in [0.15, 0.2) is 11.6 Å². The molecule has 4 aromatic rings. The van der Waals surface area contributed by atoms with E-state index >= 15 is 0 Å². The Bertz CT molecular complexity index is 1330. The van der Waals surface area contributed by atoms with Crippen molar-refractivity contribution in [3.8, 4) is 0 Å². The summed E-state index contributed by atoms with van der Waals surface area (Å²) < 4.78 is 0. The van der Waals surface area contributed by atoms with E-state index in [9.17, 15) is 9.59 Å². The summed E-state index contributed by atoms with van der Waals surface area (Å²) in [5.41, 5.74) is 5.13. The molecule has 0 saturated heterocycles. The van der Waals surface area contributed by atoms with E-state index in [0.717, 1.165) is 33.4 Å². The molecule has 4 aromatic carbocycles. The summed E-state index contributed by atoms with van der Waals surface area (Å²) in [6.07, 6.45) is 0. The minimum atomic E-state index is -1.26. The van der Waals surface area contributed by atoms with Crippen LogP contribution in [-0.2, 0) is 9.59 Å². The van der Waals surface area contributed by atoms with Crippen molar-refractivity contribution in [2.75, 3.05) is 0 Å². The zero-order valence-electron chi connectivity index (χ0n) is 17.9. The zero-order chi connectivity index (χ0) is 22.4. The minimum absolute atomic E-state index is 0.115. The molecule has 2 heteroatoms. The number of Topliss-reactive ketones (excluding diaryl/α,β-unsaturated/α-hetero) is 2. The fourth-order valence-corrected chi connectivity index (χ4v) is 5.23. The van der Waals surface area contributed by atoms with Crippen molar-refractivity contribution in [2.45, 2.75) is 0 Å². The second-order valence-electron chi connectivity index (χ2n) is 8.37. The van der Waals surface area contributed by atoms with Crippen LogP contribution in [0.2, 0.25) is 0 Å². The molecule has 156 valence electrons. The molecule has 2 aliphatic carbocycles. The summed E-state index contributed by atoms with van der Waals surface area (Å²) in [5.74, 6) is -0.229. The number of carbonyl (C=O) groups is 2. The first-order valence-electron chi connectivity index (χ1n) is 11.1. The number of hydrogen-bond donors (Lipinski definition) is 0. The Morgan fingerprint density at radius 1 is 0.364 bits per heavy atom. The Morgan fingerprint density at radius 3 is 0.939 bits per heavy atom. The lowest BCUT2D eigenvalue weighted by molar-refractivity contribution is -0.129. The summed E-state index contributed by atoms with van der Waals surface area (Å²) in [7, 11) is 0. The van der Waals surface area contributed by atoms with Gasteiger partial charge in [0.25, 0.3) is 0 Å². The molecule has 0 N–H and O–H groups in total. The number of rotatable bonds is 4. The van der Waals surface area contributed by atoms with Gasteiger partial charge in [-0.1, -0.05) is 121 Å². The molecule has 6 rings (SSSR count). The van der Waals surface area contributed by atoms with Crippen molar-refractivity contribution in [3.05, 3.63) is 144 Å². The molecule has 0 amide bonds. The average molecular weight is 424 g/mol. The maximum absolute atomic E-state index is 14.0. The highest BCUT2D eigenvalue weighted by molar-refractivity contribution is 6.65. The number of carbonyl (C=O) groups excluding carboxylic acids is 2. The zero-order valence-corrected chi connectivity index (χ0v) is 17.9. The number of hydrogen-bond acceptors (Lipinski definition) is 2. The summed E-state index contributed by atoms with van der Waals surface area (Å²) in [6.45, 7) is 0. The molecule has 2 aliphatic rings.